The maximum Gasteiger partial charge on any atom is 0.243 e. The first-order valence-electron chi connectivity index (χ1n) is 7.89. The Hall–Kier alpha value is -1.44. The fourth-order valence-corrected chi connectivity index (χ4v) is 4.46. The molecule has 1 saturated heterocycles. The third-order valence-electron chi connectivity index (χ3n) is 4.49. The molecule has 2 atom stereocenters. The van der Waals surface area contributed by atoms with Gasteiger partial charge in [-0.3, -0.25) is 4.79 Å². The molecule has 7 heteroatoms. The topological polar surface area (TPSA) is 75.7 Å². The Morgan fingerprint density at radius 3 is 2.57 bits per heavy atom. The van der Waals surface area contributed by atoms with Gasteiger partial charge in [0.15, 0.2) is 0 Å². The lowest BCUT2D eigenvalue weighted by molar-refractivity contribution is -0.117. The lowest BCUT2D eigenvalue weighted by atomic mass is 10.2. The molecule has 0 aromatic heterocycles. The van der Waals surface area contributed by atoms with Gasteiger partial charge in [-0.05, 0) is 37.0 Å². The molecule has 3 rings (SSSR count). The molecule has 1 aromatic carbocycles. The van der Waals surface area contributed by atoms with E-state index in [9.17, 15) is 13.2 Å². The second-order valence-corrected chi connectivity index (χ2v) is 8.21. The van der Waals surface area contributed by atoms with Crippen LogP contribution in [0.2, 0.25) is 0 Å². The van der Waals surface area contributed by atoms with Gasteiger partial charge in [0.1, 0.15) is 0 Å². The average molecular weight is 338 g/mol. The number of benzene rings is 1. The monoisotopic (exact) mass is 338 g/mol. The number of nitrogens with one attached hydrogen (secondary N) is 1. The average Bonchev–Trinajstić information content (AvgIpc) is 3.27. The van der Waals surface area contributed by atoms with Crippen molar-refractivity contribution in [3.63, 3.8) is 0 Å². The number of anilines is 1. The number of nitrogens with zero attached hydrogens (tertiary/aromatic N) is 1. The second kappa shape index (κ2) is 6.22. The molecule has 1 aromatic rings. The zero-order valence-corrected chi connectivity index (χ0v) is 14.2. The zero-order chi connectivity index (χ0) is 16.6. The van der Waals surface area contributed by atoms with Crippen molar-refractivity contribution in [3.05, 3.63) is 23.8 Å². The molecule has 1 aliphatic heterocycles. The van der Waals surface area contributed by atoms with Gasteiger partial charge >= 0.3 is 0 Å². The molecule has 1 N–H and O–H groups in total. The summed E-state index contributed by atoms with van der Waals surface area (Å²) in [6.45, 7) is 5.34. The number of hydrogen-bond donors (Lipinski definition) is 1. The molecular formula is C16H22N2O4S. The number of carbonyl (C=O) groups is 1. The Kier molecular flexibility index (Phi) is 4.44. The van der Waals surface area contributed by atoms with Crippen molar-refractivity contribution >= 4 is 21.6 Å². The van der Waals surface area contributed by atoms with Crippen molar-refractivity contribution in [2.75, 3.05) is 31.6 Å². The number of rotatable bonds is 4. The van der Waals surface area contributed by atoms with E-state index in [0.29, 0.717) is 43.5 Å². The van der Waals surface area contributed by atoms with Crippen molar-refractivity contribution in [1.82, 2.24) is 4.31 Å². The third-order valence-corrected chi connectivity index (χ3v) is 6.53. The minimum absolute atomic E-state index is 0.0314. The van der Waals surface area contributed by atoms with Crippen LogP contribution in [-0.2, 0) is 19.6 Å². The van der Waals surface area contributed by atoms with E-state index < -0.39 is 10.0 Å². The first-order chi connectivity index (χ1) is 10.9. The summed E-state index contributed by atoms with van der Waals surface area (Å²) in [7, 11) is -3.56. The van der Waals surface area contributed by atoms with E-state index in [0.717, 1.165) is 6.42 Å². The molecule has 1 amide bonds. The summed E-state index contributed by atoms with van der Waals surface area (Å²) in [5.41, 5.74) is 1.21. The summed E-state index contributed by atoms with van der Waals surface area (Å²) >= 11 is 0. The lowest BCUT2D eigenvalue weighted by Crippen LogP contribution is -2.40. The molecule has 0 radical (unpaired) electrons. The second-order valence-electron chi connectivity index (χ2n) is 6.31. The maximum atomic E-state index is 12.8. The highest BCUT2D eigenvalue weighted by atomic mass is 32.2. The molecule has 23 heavy (non-hydrogen) atoms. The molecule has 0 spiro atoms. The SMILES string of the molecule is Cc1ccc(NC(=O)C2CC2C)cc1S(=O)(=O)N1CCOCC1. The zero-order valence-electron chi connectivity index (χ0n) is 13.4. The van der Waals surface area contributed by atoms with Crippen LogP contribution in [0.25, 0.3) is 0 Å². The Morgan fingerprint density at radius 2 is 1.96 bits per heavy atom. The van der Waals surface area contributed by atoms with Crippen LogP contribution in [-0.4, -0.2) is 44.9 Å². The summed E-state index contributed by atoms with van der Waals surface area (Å²) in [5, 5.41) is 2.83. The van der Waals surface area contributed by atoms with Crippen molar-refractivity contribution in [2.45, 2.75) is 25.2 Å². The van der Waals surface area contributed by atoms with Crippen LogP contribution in [0.5, 0.6) is 0 Å². The minimum atomic E-state index is -3.56. The molecular weight excluding hydrogens is 316 g/mol. The van der Waals surface area contributed by atoms with Crippen molar-refractivity contribution < 1.29 is 17.9 Å². The van der Waals surface area contributed by atoms with Crippen LogP contribution >= 0.6 is 0 Å². The van der Waals surface area contributed by atoms with Gasteiger partial charge in [0.25, 0.3) is 0 Å². The lowest BCUT2D eigenvalue weighted by Gasteiger charge is -2.26. The molecule has 126 valence electrons. The molecule has 0 bridgehead atoms. The summed E-state index contributed by atoms with van der Waals surface area (Å²) in [4.78, 5) is 12.3. The van der Waals surface area contributed by atoms with Crippen LogP contribution in [0.4, 0.5) is 5.69 Å². The van der Waals surface area contributed by atoms with Crippen molar-refractivity contribution in [1.29, 1.82) is 0 Å². The molecule has 2 aliphatic rings. The highest BCUT2D eigenvalue weighted by Gasteiger charge is 2.39. The smallest absolute Gasteiger partial charge is 0.243 e. The van der Waals surface area contributed by atoms with E-state index in [1.54, 1.807) is 25.1 Å². The van der Waals surface area contributed by atoms with Crippen LogP contribution < -0.4 is 5.32 Å². The van der Waals surface area contributed by atoms with E-state index in [-0.39, 0.29) is 16.7 Å². The van der Waals surface area contributed by atoms with Crippen LogP contribution in [0.1, 0.15) is 18.9 Å². The Balaban J connectivity index is 1.83. The van der Waals surface area contributed by atoms with Crippen LogP contribution in [0.15, 0.2) is 23.1 Å². The van der Waals surface area contributed by atoms with E-state index in [4.69, 9.17) is 4.74 Å². The van der Waals surface area contributed by atoms with Crippen LogP contribution in [0.3, 0.4) is 0 Å². The minimum Gasteiger partial charge on any atom is -0.379 e. The summed E-state index contributed by atoms with van der Waals surface area (Å²) in [6.07, 6.45) is 0.899. The fourth-order valence-electron chi connectivity index (χ4n) is 2.80. The quantitative estimate of drug-likeness (QED) is 0.905. The van der Waals surface area contributed by atoms with Crippen molar-refractivity contribution in [2.24, 2.45) is 11.8 Å². The van der Waals surface area contributed by atoms with E-state index >= 15 is 0 Å². The predicted molar refractivity (Wildman–Crippen MR) is 86.7 cm³/mol. The fraction of sp³-hybridized carbons (Fsp3) is 0.562. The van der Waals surface area contributed by atoms with Crippen molar-refractivity contribution in [3.8, 4) is 0 Å². The standard InChI is InChI=1S/C16H22N2O4S/c1-11-3-4-13(17-16(19)14-9-12(14)2)10-15(11)23(20,21)18-5-7-22-8-6-18/h3-4,10,12,14H,5-9H2,1-2H3,(H,17,19). The van der Waals surface area contributed by atoms with Gasteiger partial charge in [0.2, 0.25) is 15.9 Å². The van der Waals surface area contributed by atoms with E-state index in [2.05, 4.69) is 5.32 Å². The van der Waals surface area contributed by atoms with Gasteiger partial charge in [0, 0.05) is 24.7 Å². The molecule has 2 fully saturated rings. The molecule has 1 saturated carbocycles. The molecule has 2 unspecified atom stereocenters. The largest absolute Gasteiger partial charge is 0.379 e. The van der Waals surface area contributed by atoms with E-state index in [1.165, 1.54) is 4.31 Å². The number of sulfonamides is 1. The van der Waals surface area contributed by atoms with E-state index in [1.807, 2.05) is 6.92 Å². The summed E-state index contributed by atoms with van der Waals surface area (Å²) in [5.74, 6) is 0.434. The number of ether oxygens (including phenoxy) is 1. The van der Waals surface area contributed by atoms with Gasteiger partial charge in [0.05, 0.1) is 18.1 Å². The van der Waals surface area contributed by atoms with Gasteiger partial charge in [-0.25, -0.2) is 8.42 Å². The number of aryl methyl sites for hydroxylation is 1. The summed E-state index contributed by atoms with van der Waals surface area (Å²) in [6, 6.07) is 5.04. The highest BCUT2D eigenvalue weighted by molar-refractivity contribution is 7.89. The molecule has 1 aliphatic carbocycles. The molecule has 6 nitrogen and oxygen atoms in total. The Morgan fingerprint density at radius 1 is 1.30 bits per heavy atom. The normalized spacial score (nSPS) is 25.1. The third kappa shape index (κ3) is 3.41. The van der Waals surface area contributed by atoms with Gasteiger partial charge < -0.3 is 10.1 Å². The van der Waals surface area contributed by atoms with Crippen LogP contribution in [0, 0.1) is 18.8 Å². The predicted octanol–water partition coefficient (Wildman–Crippen LogP) is 1.61. The van der Waals surface area contributed by atoms with Gasteiger partial charge in [-0.1, -0.05) is 13.0 Å². The Bertz CT molecular complexity index is 711. The first-order valence-corrected chi connectivity index (χ1v) is 9.33. The maximum absolute atomic E-state index is 12.8. The molecule has 1 heterocycles. The summed E-state index contributed by atoms with van der Waals surface area (Å²) < 4.78 is 32.3. The number of hydrogen-bond acceptors (Lipinski definition) is 4. The number of amides is 1. The van der Waals surface area contributed by atoms with Gasteiger partial charge in [-0.2, -0.15) is 4.31 Å². The van der Waals surface area contributed by atoms with Gasteiger partial charge in [-0.15, -0.1) is 0 Å². The number of morpholine rings is 1. The Labute approximate surface area is 136 Å². The number of carbonyl (C=O) groups excluding carboxylic acids is 1. The first kappa shape index (κ1) is 16.4. The highest BCUT2D eigenvalue weighted by Crippen LogP contribution is 2.38.